The van der Waals surface area contributed by atoms with Crippen molar-refractivity contribution in [2.45, 2.75) is 5.88 Å². The number of nitrogens with one attached hydrogen (secondary N) is 1. The molecule has 0 atom stereocenters. The summed E-state index contributed by atoms with van der Waals surface area (Å²) in [5.74, 6) is 0.456. The number of halogens is 1. The summed E-state index contributed by atoms with van der Waals surface area (Å²) in [5, 5.41) is 6.97. The molecule has 0 radical (unpaired) electrons. The van der Waals surface area contributed by atoms with E-state index in [4.69, 9.17) is 11.6 Å². The second-order valence-electron chi connectivity index (χ2n) is 2.65. The van der Waals surface area contributed by atoms with E-state index >= 15 is 0 Å². The number of rotatable bonds is 2. The molecule has 2 heterocycles. The third-order valence-corrected chi connectivity index (χ3v) is 2.04. The van der Waals surface area contributed by atoms with Gasteiger partial charge in [0.25, 0.3) is 0 Å². The average Bonchev–Trinajstić information content (AvgIpc) is 2.67. The highest BCUT2D eigenvalue weighted by Gasteiger charge is 2.01. The highest BCUT2D eigenvalue weighted by Crippen LogP contribution is 2.16. The molecule has 0 spiro atoms. The highest BCUT2D eigenvalue weighted by atomic mass is 35.5. The first kappa shape index (κ1) is 8.26. The largest absolute Gasteiger partial charge is 0.281 e. The Hall–Kier alpha value is -1.35. The van der Waals surface area contributed by atoms with Crippen LogP contribution < -0.4 is 0 Å². The van der Waals surface area contributed by atoms with Crippen LogP contribution in [0.25, 0.3) is 11.3 Å². The Labute approximate surface area is 80.8 Å². The summed E-state index contributed by atoms with van der Waals surface area (Å²) >= 11 is 5.64. The maximum atomic E-state index is 5.64. The van der Waals surface area contributed by atoms with Gasteiger partial charge in [0, 0.05) is 18.0 Å². The van der Waals surface area contributed by atoms with Gasteiger partial charge in [-0.15, -0.1) is 11.6 Å². The molecule has 2 rings (SSSR count). The van der Waals surface area contributed by atoms with Crippen LogP contribution in [0, 0.1) is 0 Å². The zero-order valence-electron chi connectivity index (χ0n) is 6.87. The second-order valence-corrected chi connectivity index (χ2v) is 2.92. The van der Waals surface area contributed by atoms with Crippen molar-refractivity contribution in [1.82, 2.24) is 15.2 Å². The molecule has 0 saturated carbocycles. The van der Waals surface area contributed by atoms with Crippen LogP contribution in [-0.2, 0) is 5.88 Å². The Balaban J connectivity index is 2.36. The molecule has 0 aliphatic rings. The van der Waals surface area contributed by atoms with Crippen LogP contribution in [-0.4, -0.2) is 15.2 Å². The topological polar surface area (TPSA) is 41.6 Å². The van der Waals surface area contributed by atoms with Gasteiger partial charge in [0.15, 0.2) is 0 Å². The minimum absolute atomic E-state index is 0.456. The van der Waals surface area contributed by atoms with Crippen molar-refractivity contribution >= 4 is 11.6 Å². The summed E-state index contributed by atoms with van der Waals surface area (Å²) in [5.41, 5.74) is 2.87. The van der Waals surface area contributed by atoms with E-state index in [9.17, 15) is 0 Å². The van der Waals surface area contributed by atoms with Crippen LogP contribution in [0.2, 0.25) is 0 Å². The molecule has 0 unspecified atom stereocenters. The van der Waals surface area contributed by atoms with Crippen molar-refractivity contribution < 1.29 is 0 Å². The molecule has 1 N–H and O–H groups in total. The summed E-state index contributed by atoms with van der Waals surface area (Å²) in [6.45, 7) is 0. The lowest BCUT2D eigenvalue weighted by molar-refractivity contribution is 1.04. The number of pyridine rings is 1. The van der Waals surface area contributed by atoms with E-state index in [1.807, 2.05) is 18.2 Å². The van der Waals surface area contributed by atoms with Crippen molar-refractivity contribution in [3.05, 3.63) is 36.3 Å². The molecule has 2 aromatic rings. The summed E-state index contributed by atoms with van der Waals surface area (Å²) in [6.07, 6.45) is 3.48. The predicted octanol–water partition coefficient (Wildman–Crippen LogP) is 2.21. The van der Waals surface area contributed by atoms with Gasteiger partial charge in [0.1, 0.15) is 0 Å². The minimum atomic E-state index is 0.456. The third-order valence-electron chi connectivity index (χ3n) is 1.75. The van der Waals surface area contributed by atoms with Gasteiger partial charge in [-0.2, -0.15) is 5.10 Å². The van der Waals surface area contributed by atoms with E-state index in [1.54, 1.807) is 12.4 Å². The Morgan fingerprint density at radius 2 is 2.08 bits per heavy atom. The van der Waals surface area contributed by atoms with E-state index in [-0.39, 0.29) is 0 Å². The standard InChI is InChI=1S/C9H8ClN3/c10-6-8-5-9(13-12-8)7-1-3-11-4-2-7/h1-5H,6H2,(H,12,13). The molecular formula is C9H8ClN3. The smallest absolute Gasteiger partial charge is 0.0925 e. The zero-order valence-corrected chi connectivity index (χ0v) is 7.62. The van der Waals surface area contributed by atoms with E-state index in [0.29, 0.717) is 5.88 Å². The Morgan fingerprint density at radius 1 is 1.31 bits per heavy atom. The van der Waals surface area contributed by atoms with E-state index in [0.717, 1.165) is 17.0 Å². The summed E-state index contributed by atoms with van der Waals surface area (Å²) in [4.78, 5) is 3.93. The molecule has 2 aromatic heterocycles. The molecule has 0 fully saturated rings. The minimum Gasteiger partial charge on any atom is -0.281 e. The summed E-state index contributed by atoms with van der Waals surface area (Å²) in [7, 11) is 0. The zero-order chi connectivity index (χ0) is 9.10. The molecule has 0 amide bonds. The molecule has 66 valence electrons. The number of alkyl halides is 1. The Kier molecular flexibility index (Phi) is 2.27. The van der Waals surface area contributed by atoms with Crippen LogP contribution in [0.1, 0.15) is 5.69 Å². The normalized spacial score (nSPS) is 10.2. The molecule has 0 aliphatic carbocycles. The van der Waals surface area contributed by atoms with Crippen LogP contribution >= 0.6 is 11.6 Å². The summed E-state index contributed by atoms with van der Waals surface area (Å²) < 4.78 is 0. The molecule has 0 aromatic carbocycles. The number of hydrogen-bond donors (Lipinski definition) is 1. The molecule has 0 saturated heterocycles. The first-order valence-electron chi connectivity index (χ1n) is 3.91. The molecule has 3 nitrogen and oxygen atoms in total. The van der Waals surface area contributed by atoms with Gasteiger partial charge in [0.05, 0.1) is 17.3 Å². The second kappa shape index (κ2) is 3.58. The van der Waals surface area contributed by atoms with Crippen LogP contribution in [0.4, 0.5) is 0 Å². The predicted molar refractivity (Wildman–Crippen MR) is 51.4 cm³/mol. The Morgan fingerprint density at radius 3 is 2.69 bits per heavy atom. The third kappa shape index (κ3) is 1.70. The van der Waals surface area contributed by atoms with Gasteiger partial charge < -0.3 is 0 Å². The van der Waals surface area contributed by atoms with Crippen LogP contribution in [0.15, 0.2) is 30.6 Å². The van der Waals surface area contributed by atoms with Crippen molar-refractivity contribution in [2.24, 2.45) is 0 Å². The van der Waals surface area contributed by atoms with Crippen molar-refractivity contribution in [2.75, 3.05) is 0 Å². The average molecular weight is 194 g/mol. The maximum absolute atomic E-state index is 5.64. The number of hydrogen-bond acceptors (Lipinski definition) is 2. The van der Waals surface area contributed by atoms with E-state index in [2.05, 4.69) is 15.2 Å². The molecule has 13 heavy (non-hydrogen) atoms. The van der Waals surface area contributed by atoms with Gasteiger partial charge in [-0.25, -0.2) is 0 Å². The first-order valence-corrected chi connectivity index (χ1v) is 4.44. The van der Waals surface area contributed by atoms with Gasteiger partial charge in [0.2, 0.25) is 0 Å². The van der Waals surface area contributed by atoms with Gasteiger partial charge in [-0.05, 0) is 18.2 Å². The van der Waals surface area contributed by atoms with E-state index in [1.165, 1.54) is 0 Å². The van der Waals surface area contributed by atoms with Crippen molar-refractivity contribution in [3.8, 4) is 11.3 Å². The monoisotopic (exact) mass is 193 g/mol. The maximum Gasteiger partial charge on any atom is 0.0925 e. The van der Waals surface area contributed by atoms with Crippen molar-refractivity contribution in [1.29, 1.82) is 0 Å². The summed E-state index contributed by atoms with van der Waals surface area (Å²) in [6, 6.07) is 5.75. The van der Waals surface area contributed by atoms with Gasteiger partial charge in [-0.1, -0.05) is 0 Å². The lowest BCUT2D eigenvalue weighted by Crippen LogP contribution is -1.77. The lowest BCUT2D eigenvalue weighted by Gasteiger charge is -1.91. The molecule has 4 heteroatoms. The fourth-order valence-corrected chi connectivity index (χ4v) is 1.24. The molecular weight excluding hydrogens is 186 g/mol. The van der Waals surface area contributed by atoms with Crippen LogP contribution in [0.3, 0.4) is 0 Å². The molecule has 0 aliphatic heterocycles. The number of aromatic nitrogens is 3. The lowest BCUT2D eigenvalue weighted by atomic mass is 10.2. The Bertz CT molecular complexity index is 383. The fraction of sp³-hybridized carbons (Fsp3) is 0.111. The fourth-order valence-electron chi connectivity index (χ4n) is 1.10. The van der Waals surface area contributed by atoms with Crippen LogP contribution in [0.5, 0.6) is 0 Å². The molecule has 0 bridgehead atoms. The number of H-pyrrole nitrogens is 1. The van der Waals surface area contributed by atoms with E-state index < -0.39 is 0 Å². The van der Waals surface area contributed by atoms with Crippen molar-refractivity contribution in [3.63, 3.8) is 0 Å². The van der Waals surface area contributed by atoms with Gasteiger partial charge in [-0.3, -0.25) is 10.1 Å². The van der Waals surface area contributed by atoms with Gasteiger partial charge >= 0.3 is 0 Å². The highest BCUT2D eigenvalue weighted by molar-refractivity contribution is 6.16. The quantitative estimate of drug-likeness (QED) is 0.743. The SMILES string of the molecule is ClCc1cc(-c2ccncc2)n[nH]1. The number of nitrogens with zero attached hydrogens (tertiary/aromatic N) is 2. The number of aromatic amines is 1. The first-order chi connectivity index (χ1) is 6.40.